The van der Waals surface area contributed by atoms with E-state index in [4.69, 9.17) is 4.98 Å². The number of aryl methyl sites for hydroxylation is 3. The molecule has 35 heavy (non-hydrogen) atoms. The van der Waals surface area contributed by atoms with Crippen LogP contribution < -0.4 is 10.9 Å². The fourth-order valence-electron chi connectivity index (χ4n) is 4.26. The molecule has 0 atom stereocenters. The van der Waals surface area contributed by atoms with Gasteiger partial charge in [0.1, 0.15) is 5.01 Å². The van der Waals surface area contributed by atoms with E-state index in [1.54, 1.807) is 6.07 Å². The van der Waals surface area contributed by atoms with Crippen LogP contribution in [0.25, 0.3) is 15.5 Å². The average molecular weight is 489 g/mol. The molecule has 8 nitrogen and oxygen atoms in total. The number of carbonyl (C=O) groups excluding carboxylic acids is 1. The Morgan fingerprint density at radius 3 is 2.54 bits per heavy atom. The van der Waals surface area contributed by atoms with Crippen LogP contribution in [0.1, 0.15) is 22.4 Å². The van der Waals surface area contributed by atoms with Crippen molar-refractivity contribution in [3.63, 3.8) is 0 Å². The van der Waals surface area contributed by atoms with Gasteiger partial charge in [0, 0.05) is 50.0 Å². The molecule has 4 aromatic rings. The fraction of sp³-hybridized carbons (Fsp3) is 0.308. The maximum absolute atomic E-state index is 12.8. The van der Waals surface area contributed by atoms with Crippen molar-refractivity contribution in [1.29, 1.82) is 0 Å². The maximum atomic E-state index is 12.8. The third kappa shape index (κ3) is 4.96. The Balaban J connectivity index is 1.24. The van der Waals surface area contributed by atoms with Crippen molar-refractivity contribution in [3.8, 4) is 10.6 Å². The summed E-state index contributed by atoms with van der Waals surface area (Å²) >= 11 is 1.42. The van der Waals surface area contributed by atoms with E-state index in [1.807, 2.05) is 68.1 Å². The number of rotatable bonds is 4. The largest absolute Gasteiger partial charge is 0.322 e. The van der Waals surface area contributed by atoms with E-state index in [2.05, 4.69) is 15.3 Å². The predicted molar refractivity (Wildman–Crippen MR) is 139 cm³/mol. The Morgan fingerprint density at radius 1 is 1.00 bits per heavy atom. The minimum Gasteiger partial charge on any atom is -0.322 e. The van der Waals surface area contributed by atoms with Gasteiger partial charge in [-0.25, -0.2) is 9.78 Å². The molecule has 1 fully saturated rings. The van der Waals surface area contributed by atoms with Crippen LogP contribution in [0.15, 0.2) is 53.3 Å². The van der Waals surface area contributed by atoms with Gasteiger partial charge >= 0.3 is 6.03 Å². The molecule has 0 aliphatic carbocycles. The lowest BCUT2D eigenvalue weighted by molar-refractivity contribution is 0.142. The Morgan fingerprint density at radius 2 is 1.77 bits per heavy atom. The van der Waals surface area contributed by atoms with Crippen LogP contribution >= 0.6 is 11.3 Å². The van der Waals surface area contributed by atoms with Crippen LogP contribution in [0.3, 0.4) is 0 Å². The Kier molecular flexibility index (Phi) is 6.36. The number of anilines is 1. The molecule has 0 spiro atoms. The molecule has 5 rings (SSSR count). The maximum Gasteiger partial charge on any atom is 0.321 e. The van der Waals surface area contributed by atoms with Crippen molar-refractivity contribution in [1.82, 2.24) is 24.4 Å². The zero-order valence-corrected chi connectivity index (χ0v) is 20.9. The molecule has 0 radical (unpaired) electrons. The second kappa shape index (κ2) is 9.59. The summed E-state index contributed by atoms with van der Waals surface area (Å²) in [7, 11) is 0. The van der Waals surface area contributed by atoms with Crippen LogP contribution in [-0.4, -0.2) is 56.6 Å². The summed E-state index contributed by atoms with van der Waals surface area (Å²) in [4.78, 5) is 34.9. The van der Waals surface area contributed by atoms with Gasteiger partial charge in [-0.1, -0.05) is 47.7 Å². The van der Waals surface area contributed by atoms with Crippen LogP contribution in [-0.2, 0) is 6.54 Å². The summed E-state index contributed by atoms with van der Waals surface area (Å²) in [5.41, 5.74) is 5.69. The van der Waals surface area contributed by atoms with E-state index in [-0.39, 0.29) is 11.6 Å². The van der Waals surface area contributed by atoms with Crippen LogP contribution in [0.2, 0.25) is 0 Å². The molecule has 2 amide bonds. The molecule has 0 unspecified atom stereocenters. The molecule has 0 bridgehead atoms. The van der Waals surface area contributed by atoms with Gasteiger partial charge in [0.05, 0.1) is 5.69 Å². The molecule has 3 heterocycles. The number of amides is 2. The summed E-state index contributed by atoms with van der Waals surface area (Å²) in [6.45, 7) is 9.29. The van der Waals surface area contributed by atoms with Gasteiger partial charge in [-0.3, -0.25) is 9.69 Å². The van der Waals surface area contributed by atoms with Crippen molar-refractivity contribution in [2.75, 3.05) is 31.5 Å². The van der Waals surface area contributed by atoms with Crippen molar-refractivity contribution >= 4 is 28.0 Å². The van der Waals surface area contributed by atoms with E-state index in [0.29, 0.717) is 24.6 Å². The number of fused-ring (bicyclic) bond motifs is 1. The van der Waals surface area contributed by atoms with Crippen molar-refractivity contribution in [2.24, 2.45) is 0 Å². The van der Waals surface area contributed by atoms with E-state index in [9.17, 15) is 9.59 Å². The molecule has 1 N–H and O–H groups in total. The van der Waals surface area contributed by atoms with Crippen molar-refractivity contribution in [2.45, 2.75) is 27.3 Å². The first-order valence-corrected chi connectivity index (χ1v) is 12.5. The highest BCUT2D eigenvalue weighted by Crippen LogP contribution is 2.27. The molecule has 2 aromatic carbocycles. The van der Waals surface area contributed by atoms with Crippen molar-refractivity contribution in [3.05, 3.63) is 81.3 Å². The first-order valence-electron chi connectivity index (χ1n) is 11.7. The smallest absolute Gasteiger partial charge is 0.321 e. The number of aromatic nitrogens is 3. The molecule has 180 valence electrons. The van der Waals surface area contributed by atoms with Gasteiger partial charge in [0.25, 0.3) is 5.56 Å². The number of hydrogen-bond acceptors (Lipinski definition) is 6. The Bertz CT molecular complexity index is 1450. The molecule has 2 aromatic heterocycles. The number of benzene rings is 2. The number of carbonyl (C=O) groups is 1. The summed E-state index contributed by atoms with van der Waals surface area (Å²) < 4.78 is 1.38. The van der Waals surface area contributed by atoms with Gasteiger partial charge in [-0.05, 0) is 43.5 Å². The van der Waals surface area contributed by atoms with Crippen LogP contribution in [0.4, 0.5) is 10.5 Å². The van der Waals surface area contributed by atoms with E-state index < -0.39 is 0 Å². The molecule has 9 heteroatoms. The van der Waals surface area contributed by atoms with Gasteiger partial charge in [0.2, 0.25) is 4.96 Å². The van der Waals surface area contributed by atoms with E-state index in [1.165, 1.54) is 15.9 Å². The Hall–Kier alpha value is -3.56. The highest BCUT2D eigenvalue weighted by Gasteiger charge is 2.22. The first-order chi connectivity index (χ1) is 16.9. The Labute approximate surface area is 207 Å². The van der Waals surface area contributed by atoms with Gasteiger partial charge < -0.3 is 10.2 Å². The monoisotopic (exact) mass is 488 g/mol. The molecular formula is C26H28N6O2S. The summed E-state index contributed by atoms with van der Waals surface area (Å²) in [6, 6.07) is 15.5. The zero-order valence-electron chi connectivity index (χ0n) is 20.1. The molecule has 1 aliphatic rings. The minimum absolute atomic E-state index is 0.0791. The topological polar surface area (TPSA) is 82.8 Å². The lowest BCUT2D eigenvalue weighted by Gasteiger charge is -2.34. The molecule has 1 saturated heterocycles. The number of nitrogens with zero attached hydrogens (tertiary/aromatic N) is 5. The van der Waals surface area contributed by atoms with Gasteiger partial charge in [-0.15, -0.1) is 0 Å². The lowest BCUT2D eigenvalue weighted by atomic mass is 10.1. The molecular weight excluding hydrogens is 460 g/mol. The fourth-order valence-corrected chi connectivity index (χ4v) is 5.28. The quantitative estimate of drug-likeness (QED) is 0.468. The normalized spacial score (nSPS) is 14.4. The molecule has 0 saturated carbocycles. The number of piperazine rings is 1. The number of nitrogens with one attached hydrogen (secondary N) is 1. The first kappa shape index (κ1) is 23.2. The number of hydrogen-bond donors (Lipinski definition) is 1. The predicted octanol–water partition coefficient (Wildman–Crippen LogP) is 4.09. The highest BCUT2D eigenvalue weighted by atomic mass is 32.1. The zero-order chi connectivity index (χ0) is 24.5. The number of urea groups is 1. The lowest BCUT2D eigenvalue weighted by Crippen LogP contribution is -2.49. The summed E-state index contributed by atoms with van der Waals surface area (Å²) in [6.07, 6.45) is 0. The summed E-state index contributed by atoms with van der Waals surface area (Å²) in [5.74, 6) is 0. The van der Waals surface area contributed by atoms with Crippen LogP contribution in [0, 0.1) is 20.8 Å². The van der Waals surface area contributed by atoms with E-state index in [0.717, 1.165) is 51.7 Å². The third-order valence-electron chi connectivity index (χ3n) is 6.35. The third-order valence-corrected chi connectivity index (χ3v) is 7.30. The minimum atomic E-state index is -0.173. The van der Waals surface area contributed by atoms with Crippen molar-refractivity contribution < 1.29 is 4.79 Å². The SMILES string of the molecule is Cc1ccc(C)c(NC(=O)N2CCN(Cc3cc(=O)n4nc(-c5ccccc5C)sc4n3)CC2)c1. The van der Waals surface area contributed by atoms with Gasteiger partial charge in [0.15, 0.2) is 0 Å². The summed E-state index contributed by atoms with van der Waals surface area (Å²) in [5, 5.41) is 8.33. The second-order valence-electron chi connectivity index (χ2n) is 9.01. The molecule has 1 aliphatic heterocycles. The average Bonchev–Trinajstić information content (AvgIpc) is 3.27. The van der Waals surface area contributed by atoms with Gasteiger partial charge in [-0.2, -0.15) is 9.61 Å². The second-order valence-corrected chi connectivity index (χ2v) is 9.97. The highest BCUT2D eigenvalue weighted by molar-refractivity contribution is 7.19. The van der Waals surface area contributed by atoms with E-state index >= 15 is 0 Å². The standard InChI is InChI=1S/C26H28N6O2S/c1-17-8-9-19(3)22(14-17)28-25(34)31-12-10-30(11-13-31)16-20-15-23(33)32-26(27-20)35-24(29-32)21-7-5-4-6-18(21)2/h4-9,14-15H,10-13,16H2,1-3H3,(H,28,34). The van der Waals surface area contributed by atoms with Crippen LogP contribution in [0.5, 0.6) is 0 Å².